The van der Waals surface area contributed by atoms with E-state index < -0.39 is 6.10 Å². The molecule has 1 aromatic carbocycles. The minimum Gasteiger partial charge on any atom is -0.472 e. The summed E-state index contributed by atoms with van der Waals surface area (Å²) in [5, 5.41) is 10.0. The van der Waals surface area contributed by atoms with Gasteiger partial charge < -0.3 is 9.52 Å². The van der Waals surface area contributed by atoms with Gasteiger partial charge in [0.05, 0.1) is 18.6 Å². The van der Waals surface area contributed by atoms with Crippen LogP contribution in [0.3, 0.4) is 0 Å². The molecule has 1 heterocycles. The quantitative estimate of drug-likeness (QED) is 0.909. The lowest BCUT2D eigenvalue weighted by molar-refractivity contribution is 0.178. The van der Waals surface area contributed by atoms with E-state index in [1.165, 1.54) is 0 Å². The number of aliphatic hydroxyl groups is 1. The summed E-state index contributed by atoms with van der Waals surface area (Å²) in [5.41, 5.74) is 1.88. The van der Waals surface area contributed by atoms with E-state index >= 15 is 0 Å². The second-order valence-electron chi connectivity index (χ2n) is 3.53. The second-order valence-corrected chi connectivity index (χ2v) is 5.23. The highest BCUT2D eigenvalue weighted by Crippen LogP contribution is 2.27. The number of aliphatic hydroxyl groups excluding tert-OH is 1. The van der Waals surface area contributed by atoms with Crippen LogP contribution < -0.4 is 0 Å². The van der Waals surface area contributed by atoms with Crippen LogP contribution in [0.25, 0.3) is 0 Å². The van der Waals surface area contributed by atoms with Crippen LogP contribution in [-0.4, -0.2) is 5.11 Å². The van der Waals surface area contributed by atoms with Gasteiger partial charge in [-0.2, -0.15) is 0 Å². The lowest BCUT2D eigenvalue weighted by atomic mass is 10.0. The Hall–Kier alpha value is -0.580. The first-order chi connectivity index (χ1) is 7.66. The molecule has 1 unspecified atom stereocenters. The van der Waals surface area contributed by atoms with Crippen molar-refractivity contribution in [3.63, 3.8) is 0 Å². The molecular weight excluding hydrogens is 336 g/mol. The summed E-state index contributed by atoms with van der Waals surface area (Å²) < 4.78 is 6.89. The number of furan rings is 1. The van der Waals surface area contributed by atoms with Crippen LogP contribution in [0.2, 0.25) is 0 Å². The minimum atomic E-state index is -0.512. The predicted octanol–water partition coefficient (Wildman–Crippen LogP) is 4.08. The first-order valence-corrected chi connectivity index (χ1v) is 6.39. The third-order valence-corrected chi connectivity index (χ3v) is 4.22. The Bertz CT molecular complexity index is 466. The van der Waals surface area contributed by atoms with E-state index in [1.807, 2.05) is 24.3 Å². The molecule has 2 nitrogen and oxygen atoms in total. The van der Waals surface area contributed by atoms with E-state index in [-0.39, 0.29) is 0 Å². The summed E-state index contributed by atoms with van der Waals surface area (Å²) in [4.78, 5) is 0. The molecule has 0 aliphatic carbocycles. The van der Waals surface area contributed by atoms with Gasteiger partial charge in [-0.15, -0.1) is 0 Å². The summed E-state index contributed by atoms with van der Waals surface area (Å²) in [5.74, 6) is 0. The zero-order chi connectivity index (χ0) is 11.5. The molecule has 0 amide bonds. The van der Waals surface area contributed by atoms with Crippen molar-refractivity contribution in [3.05, 3.63) is 56.9 Å². The molecule has 4 heteroatoms. The molecule has 2 aromatic rings. The van der Waals surface area contributed by atoms with E-state index in [9.17, 15) is 5.11 Å². The third kappa shape index (κ3) is 2.75. The normalized spacial score (nSPS) is 12.7. The van der Waals surface area contributed by atoms with E-state index in [0.29, 0.717) is 6.42 Å². The number of halogens is 2. The number of hydrogen-bond acceptors (Lipinski definition) is 2. The van der Waals surface area contributed by atoms with Crippen LogP contribution in [0.1, 0.15) is 17.2 Å². The van der Waals surface area contributed by atoms with E-state index in [1.54, 1.807) is 12.5 Å². The Morgan fingerprint density at radius 1 is 1.19 bits per heavy atom. The fourth-order valence-electron chi connectivity index (χ4n) is 1.47. The van der Waals surface area contributed by atoms with Gasteiger partial charge in [-0.05, 0) is 61.2 Å². The lowest BCUT2D eigenvalue weighted by Gasteiger charge is -2.10. The van der Waals surface area contributed by atoms with Crippen LogP contribution in [0.5, 0.6) is 0 Å². The van der Waals surface area contributed by atoms with Gasteiger partial charge in [0.1, 0.15) is 0 Å². The maximum Gasteiger partial charge on any atom is 0.0935 e. The van der Waals surface area contributed by atoms with Crippen molar-refractivity contribution in [2.75, 3.05) is 0 Å². The van der Waals surface area contributed by atoms with Gasteiger partial charge in [-0.1, -0.05) is 6.07 Å². The minimum absolute atomic E-state index is 0.512. The Balaban J connectivity index is 2.14. The largest absolute Gasteiger partial charge is 0.472 e. The van der Waals surface area contributed by atoms with Crippen molar-refractivity contribution < 1.29 is 9.52 Å². The Labute approximate surface area is 111 Å². The van der Waals surface area contributed by atoms with Crippen LogP contribution in [0, 0.1) is 0 Å². The van der Waals surface area contributed by atoms with Gasteiger partial charge >= 0.3 is 0 Å². The monoisotopic (exact) mass is 344 g/mol. The van der Waals surface area contributed by atoms with Gasteiger partial charge in [0.2, 0.25) is 0 Å². The van der Waals surface area contributed by atoms with Gasteiger partial charge in [0.15, 0.2) is 0 Å². The zero-order valence-corrected chi connectivity index (χ0v) is 11.5. The average Bonchev–Trinajstić information content (AvgIpc) is 2.74. The number of rotatable bonds is 3. The van der Waals surface area contributed by atoms with Crippen molar-refractivity contribution in [1.82, 2.24) is 0 Å². The van der Waals surface area contributed by atoms with Gasteiger partial charge in [0, 0.05) is 15.4 Å². The van der Waals surface area contributed by atoms with Crippen molar-refractivity contribution in [2.24, 2.45) is 0 Å². The predicted molar refractivity (Wildman–Crippen MR) is 69.2 cm³/mol. The summed E-state index contributed by atoms with van der Waals surface area (Å²) in [7, 11) is 0. The molecule has 0 aliphatic heterocycles. The highest BCUT2D eigenvalue weighted by molar-refractivity contribution is 9.13. The van der Waals surface area contributed by atoms with E-state index in [4.69, 9.17) is 4.42 Å². The molecule has 84 valence electrons. The Morgan fingerprint density at radius 3 is 2.62 bits per heavy atom. The topological polar surface area (TPSA) is 33.4 Å². The highest BCUT2D eigenvalue weighted by Gasteiger charge is 2.10. The molecule has 0 fully saturated rings. The molecule has 1 N–H and O–H groups in total. The molecule has 0 radical (unpaired) electrons. The summed E-state index contributed by atoms with van der Waals surface area (Å²) in [6, 6.07) is 7.59. The SMILES string of the molecule is OC(Cc1ccoc1)c1ccc(Br)c(Br)c1. The van der Waals surface area contributed by atoms with Crippen LogP contribution in [0.4, 0.5) is 0 Å². The van der Waals surface area contributed by atoms with E-state index in [2.05, 4.69) is 31.9 Å². The van der Waals surface area contributed by atoms with E-state index in [0.717, 1.165) is 20.1 Å². The molecule has 0 saturated carbocycles. The van der Waals surface area contributed by atoms with Gasteiger partial charge in [0.25, 0.3) is 0 Å². The Morgan fingerprint density at radius 2 is 2.00 bits per heavy atom. The molecule has 0 bridgehead atoms. The van der Waals surface area contributed by atoms with Crippen LogP contribution >= 0.6 is 31.9 Å². The lowest BCUT2D eigenvalue weighted by Crippen LogP contribution is -2.00. The van der Waals surface area contributed by atoms with Crippen molar-refractivity contribution >= 4 is 31.9 Å². The molecule has 16 heavy (non-hydrogen) atoms. The van der Waals surface area contributed by atoms with Crippen LogP contribution in [0.15, 0.2) is 50.2 Å². The first kappa shape index (κ1) is 11.9. The van der Waals surface area contributed by atoms with Gasteiger partial charge in [-0.25, -0.2) is 0 Å². The number of benzene rings is 1. The smallest absolute Gasteiger partial charge is 0.0935 e. The summed E-state index contributed by atoms with van der Waals surface area (Å²) >= 11 is 6.81. The van der Waals surface area contributed by atoms with Crippen molar-refractivity contribution in [1.29, 1.82) is 0 Å². The third-order valence-electron chi connectivity index (χ3n) is 2.34. The summed E-state index contributed by atoms with van der Waals surface area (Å²) in [6.07, 6.45) is 3.31. The maximum atomic E-state index is 10.0. The average molecular weight is 346 g/mol. The summed E-state index contributed by atoms with van der Waals surface area (Å²) in [6.45, 7) is 0. The van der Waals surface area contributed by atoms with Gasteiger partial charge in [-0.3, -0.25) is 0 Å². The molecule has 0 aliphatic rings. The fourth-order valence-corrected chi connectivity index (χ4v) is 2.11. The molecule has 0 saturated heterocycles. The maximum absolute atomic E-state index is 10.0. The van der Waals surface area contributed by atoms with Crippen molar-refractivity contribution in [3.8, 4) is 0 Å². The second kappa shape index (κ2) is 5.17. The zero-order valence-electron chi connectivity index (χ0n) is 8.36. The molecule has 1 atom stereocenters. The van der Waals surface area contributed by atoms with Crippen molar-refractivity contribution in [2.45, 2.75) is 12.5 Å². The Kier molecular flexibility index (Phi) is 3.84. The standard InChI is InChI=1S/C12H10Br2O2/c13-10-2-1-9(6-11(10)14)12(15)5-8-3-4-16-7-8/h1-4,6-7,12,15H,5H2. The number of hydrogen-bond donors (Lipinski definition) is 1. The molecular formula is C12H10Br2O2. The highest BCUT2D eigenvalue weighted by atomic mass is 79.9. The molecule has 0 spiro atoms. The molecule has 1 aromatic heterocycles. The molecule has 2 rings (SSSR count). The fraction of sp³-hybridized carbons (Fsp3) is 0.167. The first-order valence-electron chi connectivity index (χ1n) is 4.81. The van der Waals surface area contributed by atoms with Crippen LogP contribution in [-0.2, 0) is 6.42 Å².